The Balaban J connectivity index is 2.20. The molecule has 40 heavy (non-hydrogen) atoms. The Morgan fingerprint density at radius 1 is 0.350 bits per heavy atom. The second-order valence-electron chi connectivity index (χ2n) is 7.80. The number of cyclic esters (lactones) is 2. The molecule has 232 valence electrons. The van der Waals surface area contributed by atoms with Crippen LogP contribution >= 0.6 is 0 Å². The van der Waals surface area contributed by atoms with E-state index in [1.165, 1.54) is 0 Å². The van der Waals surface area contributed by atoms with Gasteiger partial charge in [0.05, 0.1) is 79.3 Å². The molecule has 0 aromatic carbocycles. The highest BCUT2D eigenvalue weighted by Crippen LogP contribution is 1.88. The Labute approximate surface area is 233 Å². The highest BCUT2D eigenvalue weighted by atomic mass is 16.6. The molecular weight excluding hydrogens is 540 g/mol. The molecule has 0 atom stereocenters. The summed E-state index contributed by atoms with van der Waals surface area (Å²) in [5, 5.41) is 5.20. The third-order valence-electron chi connectivity index (χ3n) is 4.51. The molecule has 16 nitrogen and oxygen atoms in total. The SMILES string of the molecule is O=C1COCC(=O)OCCOCCOCCOCCOC(=O)COCC(=O)NCCOCCOCCOCCN1. The van der Waals surface area contributed by atoms with Crippen molar-refractivity contribution in [3.05, 3.63) is 0 Å². The fourth-order valence-corrected chi connectivity index (χ4v) is 2.68. The molecule has 0 unspecified atom stereocenters. The average molecular weight is 583 g/mol. The van der Waals surface area contributed by atoms with Crippen molar-refractivity contribution >= 4 is 23.8 Å². The Kier molecular flexibility index (Phi) is 23.8. The number of amides is 2. The van der Waals surface area contributed by atoms with Crippen molar-refractivity contribution in [1.29, 1.82) is 0 Å². The van der Waals surface area contributed by atoms with Crippen molar-refractivity contribution < 1.29 is 66.5 Å². The fraction of sp³-hybridized carbons (Fsp3) is 0.833. The van der Waals surface area contributed by atoms with Crippen LogP contribution in [0.5, 0.6) is 0 Å². The average Bonchev–Trinajstić information content (AvgIpc) is 2.93. The summed E-state index contributed by atoms with van der Waals surface area (Å²) in [5.41, 5.74) is 0. The highest BCUT2D eigenvalue weighted by Gasteiger charge is 2.08. The number of nitrogens with one attached hydrogen (secondary N) is 2. The normalized spacial score (nSPS) is 22.2. The van der Waals surface area contributed by atoms with Crippen LogP contribution in [0.25, 0.3) is 0 Å². The van der Waals surface area contributed by atoms with Gasteiger partial charge in [0.15, 0.2) is 0 Å². The molecule has 0 spiro atoms. The first-order valence-corrected chi connectivity index (χ1v) is 13.0. The zero-order valence-electron chi connectivity index (χ0n) is 22.9. The van der Waals surface area contributed by atoms with Crippen molar-refractivity contribution in [1.82, 2.24) is 10.6 Å². The molecule has 0 bridgehead atoms. The van der Waals surface area contributed by atoms with Gasteiger partial charge < -0.3 is 58.0 Å². The van der Waals surface area contributed by atoms with Crippen LogP contribution in [0.15, 0.2) is 0 Å². The molecule has 16 heteroatoms. The molecule has 2 N–H and O–H groups in total. The van der Waals surface area contributed by atoms with Crippen molar-refractivity contribution in [2.24, 2.45) is 0 Å². The Hall–Kier alpha value is -2.44. The van der Waals surface area contributed by atoms with Crippen molar-refractivity contribution in [2.45, 2.75) is 0 Å². The van der Waals surface area contributed by atoms with Crippen molar-refractivity contribution in [3.63, 3.8) is 0 Å². The molecule has 2 amide bonds. The van der Waals surface area contributed by atoms with E-state index in [-0.39, 0.29) is 91.0 Å². The third-order valence-corrected chi connectivity index (χ3v) is 4.51. The standard InChI is InChI=1S/C24H42N2O14/c27-21-17-37-19-23(29)39-15-13-35-11-9-34-10-12-36-14-16-40-24(30)20-38-18-22(28)26-2-4-32-6-8-33-7-5-31-3-1-25-21/h1-20H2,(H,25,27)(H,26,28). The van der Waals surface area contributed by atoms with E-state index in [4.69, 9.17) is 47.4 Å². The van der Waals surface area contributed by atoms with Crippen LogP contribution in [-0.4, -0.2) is 156 Å². The number of ether oxygens (including phenoxy) is 10. The molecule has 1 aliphatic heterocycles. The molecule has 1 saturated heterocycles. The molecule has 1 aliphatic rings. The van der Waals surface area contributed by atoms with Gasteiger partial charge in [0.2, 0.25) is 11.8 Å². The number of rotatable bonds is 0. The first-order valence-electron chi connectivity index (χ1n) is 13.0. The van der Waals surface area contributed by atoms with E-state index in [1.54, 1.807) is 0 Å². The summed E-state index contributed by atoms with van der Waals surface area (Å²) in [5.74, 6) is -1.97. The zero-order chi connectivity index (χ0) is 28.9. The summed E-state index contributed by atoms with van der Waals surface area (Å²) in [6.07, 6.45) is 0. The Morgan fingerprint density at radius 3 is 1.00 bits per heavy atom. The van der Waals surface area contributed by atoms with E-state index in [0.717, 1.165) is 0 Å². The summed E-state index contributed by atoms with van der Waals surface area (Å²) in [6, 6.07) is 0. The van der Waals surface area contributed by atoms with Crippen LogP contribution in [0, 0.1) is 0 Å². The van der Waals surface area contributed by atoms with E-state index in [2.05, 4.69) is 10.6 Å². The maximum Gasteiger partial charge on any atom is 0.332 e. The van der Waals surface area contributed by atoms with Gasteiger partial charge in [0.25, 0.3) is 0 Å². The first-order chi connectivity index (χ1) is 19.6. The zero-order valence-corrected chi connectivity index (χ0v) is 22.9. The largest absolute Gasteiger partial charge is 0.462 e. The summed E-state index contributed by atoms with van der Waals surface area (Å²) in [7, 11) is 0. The van der Waals surface area contributed by atoms with Gasteiger partial charge >= 0.3 is 11.9 Å². The van der Waals surface area contributed by atoms with Gasteiger partial charge in [-0.05, 0) is 0 Å². The molecule has 1 heterocycles. The van der Waals surface area contributed by atoms with Crippen LogP contribution in [0.1, 0.15) is 0 Å². The van der Waals surface area contributed by atoms with Gasteiger partial charge in [0, 0.05) is 13.1 Å². The van der Waals surface area contributed by atoms with E-state index in [0.29, 0.717) is 52.9 Å². The first kappa shape index (κ1) is 35.6. The van der Waals surface area contributed by atoms with Crippen LogP contribution in [0.3, 0.4) is 0 Å². The molecule has 0 saturated carbocycles. The summed E-state index contributed by atoms with van der Waals surface area (Å²) in [6.45, 7) is 2.96. The molecule has 0 radical (unpaired) electrons. The van der Waals surface area contributed by atoms with E-state index < -0.39 is 11.9 Å². The number of esters is 2. The minimum Gasteiger partial charge on any atom is -0.462 e. The predicted octanol–water partition coefficient (Wildman–Crippen LogP) is -2.55. The number of carbonyl (C=O) groups excluding carboxylic acids is 4. The summed E-state index contributed by atoms with van der Waals surface area (Å²) in [4.78, 5) is 46.6. The van der Waals surface area contributed by atoms with Crippen LogP contribution in [0.4, 0.5) is 0 Å². The lowest BCUT2D eigenvalue weighted by Gasteiger charge is -2.09. The van der Waals surface area contributed by atoms with Gasteiger partial charge in [-0.3, -0.25) is 9.59 Å². The van der Waals surface area contributed by atoms with Gasteiger partial charge in [-0.25, -0.2) is 9.59 Å². The quantitative estimate of drug-likeness (QED) is 0.285. The van der Waals surface area contributed by atoms with Gasteiger partial charge in [-0.1, -0.05) is 0 Å². The Bertz CT molecular complexity index is 574. The van der Waals surface area contributed by atoms with Gasteiger partial charge in [0.1, 0.15) is 39.6 Å². The number of hydrogen-bond acceptors (Lipinski definition) is 14. The second-order valence-corrected chi connectivity index (χ2v) is 7.80. The number of hydrogen-bond donors (Lipinski definition) is 2. The van der Waals surface area contributed by atoms with Crippen LogP contribution in [-0.2, 0) is 66.5 Å². The second kappa shape index (κ2) is 26.8. The topological polar surface area (TPSA) is 185 Å². The third kappa shape index (κ3) is 24.6. The van der Waals surface area contributed by atoms with Crippen LogP contribution < -0.4 is 10.6 Å². The minimum atomic E-state index is -0.605. The van der Waals surface area contributed by atoms with Crippen LogP contribution in [0.2, 0.25) is 0 Å². The lowest BCUT2D eigenvalue weighted by Crippen LogP contribution is -2.32. The highest BCUT2D eigenvalue weighted by molar-refractivity contribution is 5.78. The van der Waals surface area contributed by atoms with Crippen molar-refractivity contribution in [2.75, 3.05) is 132 Å². The molecule has 0 aliphatic carbocycles. The maximum absolute atomic E-state index is 11.7. The monoisotopic (exact) mass is 582 g/mol. The molecule has 0 aromatic heterocycles. The van der Waals surface area contributed by atoms with E-state index >= 15 is 0 Å². The Morgan fingerprint density at radius 2 is 0.650 bits per heavy atom. The van der Waals surface area contributed by atoms with E-state index in [1.807, 2.05) is 0 Å². The summed E-state index contributed by atoms with van der Waals surface area (Å²) >= 11 is 0. The van der Waals surface area contributed by atoms with Gasteiger partial charge in [-0.15, -0.1) is 0 Å². The number of carbonyl (C=O) groups is 4. The molecule has 1 rings (SSSR count). The smallest absolute Gasteiger partial charge is 0.332 e. The van der Waals surface area contributed by atoms with Gasteiger partial charge in [-0.2, -0.15) is 0 Å². The summed E-state index contributed by atoms with van der Waals surface area (Å²) < 4.78 is 51.9. The van der Waals surface area contributed by atoms with E-state index in [9.17, 15) is 19.2 Å². The minimum absolute atomic E-state index is 0.0442. The molecular formula is C24H42N2O14. The lowest BCUT2D eigenvalue weighted by molar-refractivity contribution is -0.152. The lowest BCUT2D eigenvalue weighted by atomic mass is 10.5. The maximum atomic E-state index is 11.7. The predicted molar refractivity (Wildman–Crippen MR) is 134 cm³/mol. The van der Waals surface area contributed by atoms with Crippen molar-refractivity contribution in [3.8, 4) is 0 Å². The molecule has 0 aromatic rings. The molecule has 1 fully saturated rings. The fourth-order valence-electron chi connectivity index (χ4n) is 2.68.